The summed E-state index contributed by atoms with van der Waals surface area (Å²) in [5, 5.41) is 2.20. The summed E-state index contributed by atoms with van der Waals surface area (Å²) in [6.45, 7) is 2.19. The number of carbonyl (C=O) groups is 2. The van der Waals surface area contributed by atoms with Gasteiger partial charge in [-0.25, -0.2) is 0 Å². The zero-order valence-electron chi connectivity index (χ0n) is 13.5. The SMILES string of the molecule is Cc1ccc(C(=O)CCC(=O)OCc2cccc3ccccc23)s1. The van der Waals surface area contributed by atoms with Crippen molar-refractivity contribution < 1.29 is 14.3 Å². The monoisotopic (exact) mass is 338 g/mol. The largest absolute Gasteiger partial charge is 0.461 e. The maximum atomic E-state index is 12.0. The lowest BCUT2D eigenvalue weighted by molar-refractivity contribution is -0.144. The quantitative estimate of drug-likeness (QED) is 0.473. The standard InChI is InChI=1S/C20H18O3S/c1-14-9-11-19(24-14)18(21)10-12-20(22)23-13-16-7-4-6-15-5-2-3-8-17(15)16/h2-9,11H,10,12-13H2,1H3. The second-order valence-corrected chi connectivity index (χ2v) is 6.92. The van der Waals surface area contributed by atoms with Crippen LogP contribution >= 0.6 is 11.3 Å². The van der Waals surface area contributed by atoms with E-state index in [1.54, 1.807) is 0 Å². The molecule has 0 aliphatic rings. The first-order valence-electron chi connectivity index (χ1n) is 7.85. The van der Waals surface area contributed by atoms with Crippen molar-refractivity contribution in [3.05, 3.63) is 69.9 Å². The number of fused-ring (bicyclic) bond motifs is 1. The summed E-state index contributed by atoms with van der Waals surface area (Å²) in [5.41, 5.74) is 0.974. The lowest BCUT2D eigenvalue weighted by Gasteiger charge is -2.08. The normalized spacial score (nSPS) is 10.7. The molecule has 24 heavy (non-hydrogen) atoms. The van der Waals surface area contributed by atoms with Crippen LogP contribution in [0.2, 0.25) is 0 Å². The molecule has 1 aromatic heterocycles. The maximum Gasteiger partial charge on any atom is 0.306 e. The molecule has 0 saturated carbocycles. The second-order valence-electron chi connectivity index (χ2n) is 5.63. The third-order valence-electron chi connectivity index (χ3n) is 3.84. The third-order valence-corrected chi connectivity index (χ3v) is 4.88. The summed E-state index contributed by atoms with van der Waals surface area (Å²) < 4.78 is 5.34. The molecule has 3 nitrogen and oxygen atoms in total. The minimum atomic E-state index is -0.343. The van der Waals surface area contributed by atoms with Gasteiger partial charge in [-0.3, -0.25) is 9.59 Å². The van der Waals surface area contributed by atoms with Crippen LogP contribution in [0, 0.1) is 6.92 Å². The van der Waals surface area contributed by atoms with E-state index in [1.165, 1.54) is 11.3 Å². The Bertz CT molecular complexity index is 874. The van der Waals surface area contributed by atoms with E-state index in [9.17, 15) is 9.59 Å². The molecular formula is C20H18O3S. The van der Waals surface area contributed by atoms with Crippen LogP contribution in [0.5, 0.6) is 0 Å². The highest BCUT2D eigenvalue weighted by Crippen LogP contribution is 2.20. The molecule has 4 heteroatoms. The highest BCUT2D eigenvalue weighted by Gasteiger charge is 2.12. The van der Waals surface area contributed by atoms with E-state index in [0.29, 0.717) is 4.88 Å². The van der Waals surface area contributed by atoms with Gasteiger partial charge in [0.05, 0.1) is 11.3 Å². The van der Waals surface area contributed by atoms with Gasteiger partial charge in [-0.05, 0) is 35.4 Å². The van der Waals surface area contributed by atoms with E-state index >= 15 is 0 Å². The van der Waals surface area contributed by atoms with Gasteiger partial charge in [0.2, 0.25) is 0 Å². The van der Waals surface area contributed by atoms with E-state index in [-0.39, 0.29) is 31.2 Å². The average molecular weight is 338 g/mol. The molecule has 0 spiro atoms. The molecule has 0 N–H and O–H groups in total. The number of Topliss-reactive ketones (excluding diaryl/α,β-unsaturated/α-hetero) is 1. The van der Waals surface area contributed by atoms with Crippen molar-refractivity contribution in [2.75, 3.05) is 0 Å². The van der Waals surface area contributed by atoms with Crippen LogP contribution in [0.1, 0.15) is 33.0 Å². The van der Waals surface area contributed by atoms with Crippen molar-refractivity contribution in [1.29, 1.82) is 0 Å². The fourth-order valence-electron chi connectivity index (χ4n) is 2.57. The lowest BCUT2D eigenvalue weighted by Crippen LogP contribution is -2.07. The maximum absolute atomic E-state index is 12.0. The van der Waals surface area contributed by atoms with Crippen molar-refractivity contribution in [2.45, 2.75) is 26.4 Å². The van der Waals surface area contributed by atoms with Crippen LogP contribution in [0.3, 0.4) is 0 Å². The van der Waals surface area contributed by atoms with Gasteiger partial charge in [-0.15, -0.1) is 11.3 Å². The molecular weight excluding hydrogens is 320 g/mol. The van der Waals surface area contributed by atoms with Crippen molar-refractivity contribution >= 4 is 33.9 Å². The van der Waals surface area contributed by atoms with Gasteiger partial charge in [0, 0.05) is 11.3 Å². The fraction of sp³-hybridized carbons (Fsp3) is 0.200. The molecule has 3 aromatic rings. The van der Waals surface area contributed by atoms with Gasteiger partial charge < -0.3 is 4.74 Å². The molecule has 122 valence electrons. The highest BCUT2D eigenvalue weighted by atomic mass is 32.1. The Labute approximate surface area is 144 Å². The van der Waals surface area contributed by atoms with Gasteiger partial charge in [0.15, 0.2) is 5.78 Å². The first-order chi connectivity index (χ1) is 11.6. The van der Waals surface area contributed by atoms with Crippen molar-refractivity contribution in [2.24, 2.45) is 0 Å². The van der Waals surface area contributed by atoms with Crippen LogP contribution < -0.4 is 0 Å². The van der Waals surface area contributed by atoms with E-state index in [4.69, 9.17) is 4.74 Å². The second kappa shape index (κ2) is 7.41. The van der Waals surface area contributed by atoms with Crippen LogP contribution in [-0.4, -0.2) is 11.8 Å². The van der Waals surface area contributed by atoms with Crippen LogP contribution in [0.15, 0.2) is 54.6 Å². The van der Waals surface area contributed by atoms with E-state index in [0.717, 1.165) is 21.2 Å². The number of benzene rings is 2. The number of esters is 1. The average Bonchev–Trinajstić information content (AvgIpc) is 3.04. The number of thiophene rings is 1. The smallest absolute Gasteiger partial charge is 0.306 e. The lowest BCUT2D eigenvalue weighted by atomic mass is 10.1. The van der Waals surface area contributed by atoms with Gasteiger partial charge in [-0.1, -0.05) is 42.5 Å². The topological polar surface area (TPSA) is 43.4 Å². The van der Waals surface area contributed by atoms with E-state index in [1.807, 2.05) is 61.5 Å². The number of aryl methyl sites for hydroxylation is 1. The number of hydrogen-bond acceptors (Lipinski definition) is 4. The molecule has 0 unspecified atom stereocenters. The summed E-state index contributed by atoms with van der Waals surface area (Å²) in [4.78, 5) is 25.7. The number of ketones is 1. The van der Waals surface area contributed by atoms with Gasteiger partial charge in [0.25, 0.3) is 0 Å². The molecule has 0 atom stereocenters. The number of rotatable bonds is 6. The Kier molecular flexibility index (Phi) is 5.06. The molecule has 0 aliphatic carbocycles. The molecule has 1 heterocycles. The third kappa shape index (κ3) is 3.89. The molecule has 0 radical (unpaired) electrons. The highest BCUT2D eigenvalue weighted by molar-refractivity contribution is 7.14. The van der Waals surface area contributed by atoms with Crippen molar-refractivity contribution in [1.82, 2.24) is 0 Å². The molecule has 0 saturated heterocycles. The molecule has 2 aromatic carbocycles. The van der Waals surface area contributed by atoms with Gasteiger partial charge in [0.1, 0.15) is 6.61 Å². The van der Waals surface area contributed by atoms with Crippen LogP contribution in [0.25, 0.3) is 10.8 Å². The Hall–Kier alpha value is -2.46. The fourth-order valence-corrected chi connectivity index (χ4v) is 3.41. The first kappa shape index (κ1) is 16.4. The summed E-state index contributed by atoms with van der Waals surface area (Å²) in [5.74, 6) is -0.347. The van der Waals surface area contributed by atoms with Crippen LogP contribution in [-0.2, 0) is 16.1 Å². The van der Waals surface area contributed by atoms with Crippen LogP contribution in [0.4, 0.5) is 0 Å². The minimum Gasteiger partial charge on any atom is -0.461 e. The predicted octanol–water partition coefficient (Wildman–Crippen LogP) is 4.92. The Balaban J connectivity index is 1.54. The number of ether oxygens (including phenoxy) is 1. The van der Waals surface area contributed by atoms with E-state index < -0.39 is 0 Å². The molecule has 0 bridgehead atoms. The molecule has 0 amide bonds. The van der Waals surface area contributed by atoms with E-state index in [2.05, 4.69) is 0 Å². The summed E-state index contributed by atoms with van der Waals surface area (Å²) >= 11 is 1.46. The summed E-state index contributed by atoms with van der Waals surface area (Å²) in [7, 11) is 0. The first-order valence-corrected chi connectivity index (χ1v) is 8.67. The number of hydrogen-bond donors (Lipinski definition) is 0. The zero-order chi connectivity index (χ0) is 16.9. The van der Waals surface area contributed by atoms with Crippen molar-refractivity contribution in [3.63, 3.8) is 0 Å². The Morgan fingerprint density at radius 3 is 2.54 bits per heavy atom. The summed E-state index contributed by atoms with van der Waals surface area (Å²) in [6, 6.07) is 17.7. The number of carbonyl (C=O) groups excluding carboxylic acids is 2. The predicted molar refractivity (Wildman–Crippen MR) is 96.4 cm³/mol. The van der Waals surface area contributed by atoms with Gasteiger partial charge in [-0.2, -0.15) is 0 Å². The molecule has 0 fully saturated rings. The Morgan fingerprint density at radius 2 is 1.75 bits per heavy atom. The zero-order valence-corrected chi connectivity index (χ0v) is 14.3. The van der Waals surface area contributed by atoms with Crippen molar-refractivity contribution in [3.8, 4) is 0 Å². The molecule has 0 aliphatic heterocycles. The Morgan fingerprint density at radius 1 is 0.958 bits per heavy atom. The minimum absolute atomic E-state index is 0.00443. The molecule has 3 rings (SSSR count). The van der Waals surface area contributed by atoms with Gasteiger partial charge >= 0.3 is 5.97 Å². The summed E-state index contributed by atoms with van der Waals surface area (Å²) in [6.07, 6.45) is 0.300.